The second kappa shape index (κ2) is 8.33. The van der Waals surface area contributed by atoms with Crippen LogP contribution in [0.1, 0.15) is 29.3 Å². The van der Waals surface area contributed by atoms with Crippen LogP contribution < -0.4 is 15.6 Å². The number of fused-ring (bicyclic) bond motifs is 3. The number of thiophene rings is 1. The molecule has 164 valence electrons. The van der Waals surface area contributed by atoms with Gasteiger partial charge in [0.25, 0.3) is 5.56 Å². The first kappa shape index (κ1) is 21.4. The molecule has 10 heteroatoms. The van der Waals surface area contributed by atoms with Gasteiger partial charge in [0.15, 0.2) is 0 Å². The molecule has 1 aliphatic rings. The van der Waals surface area contributed by atoms with Crippen LogP contribution in [0.3, 0.4) is 0 Å². The Morgan fingerprint density at radius 3 is 2.90 bits per heavy atom. The Hall–Kier alpha value is -2.88. The summed E-state index contributed by atoms with van der Waals surface area (Å²) in [5.41, 5.74) is 0.937. The van der Waals surface area contributed by atoms with E-state index in [1.807, 2.05) is 0 Å². The van der Waals surface area contributed by atoms with Crippen LogP contribution in [0.5, 0.6) is 5.75 Å². The third kappa shape index (κ3) is 4.73. The first-order valence-corrected chi connectivity index (χ1v) is 10.6. The highest BCUT2D eigenvalue weighted by Gasteiger charge is 2.32. The molecule has 3 aromatic rings. The number of aromatic nitrogens is 2. The molecule has 0 saturated carbocycles. The normalized spacial score (nSPS) is 16.2. The Bertz CT molecular complexity index is 1190. The molecule has 0 saturated heterocycles. The van der Waals surface area contributed by atoms with Gasteiger partial charge in [-0.15, -0.1) is 24.5 Å². The smallest absolute Gasteiger partial charge is 0.405 e. The largest absolute Gasteiger partial charge is 0.573 e. The molecule has 1 aromatic carbocycles. The quantitative estimate of drug-likeness (QED) is 0.641. The van der Waals surface area contributed by atoms with Crippen molar-refractivity contribution in [2.45, 2.75) is 45.6 Å². The number of hydrogen-bond donors (Lipinski definition) is 1. The molecule has 0 radical (unpaired) electrons. The SMILES string of the molecule is CC1CCc2c(sc3ncn(CC(=O)NCc4ccccc4OC(F)(F)F)c(=O)c23)C1. The highest BCUT2D eigenvalue weighted by Crippen LogP contribution is 2.35. The van der Waals surface area contributed by atoms with Crippen LogP contribution in [0.15, 0.2) is 35.4 Å². The van der Waals surface area contributed by atoms with E-state index in [2.05, 4.69) is 22.0 Å². The van der Waals surface area contributed by atoms with E-state index in [0.717, 1.165) is 24.8 Å². The van der Waals surface area contributed by atoms with Gasteiger partial charge >= 0.3 is 6.36 Å². The van der Waals surface area contributed by atoms with E-state index < -0.39 is 12.3 Å². The third-order valence-corrected chi connectivity index (χ3v) is 6.43. The third-order valence-electron chi connectivity index (χ3n) is 5.27. The highest BCUT2D eigenvalue weighted by atomic mass is 32.1. The second-order valence-corrected chi connectivity index (χ2v) is 8.73. The lowest BCUT2D eigenvalue weighted by atomic mass is 9.89. The summed E-state index contributed by atoms with van der Waals surface area (Å²) in [5, 5.41) is 3.11. The van der Waals surface area contributed by atoms with Gasteiger partial charge in [0.05, 0.1) is 11.7 Å². The van der Waals surface area contributed by atoms with Gasteiger partial charge in [-0.3, -0.25) is 14.2 Å². The molecule has 0 spiro atoms. The van der Waals surface area contributed by atoms with Crippen molar-refractivity contribution in [2.24, 2.45) is 5.92 Å². The zero-order valence-corrected chi connectivity index (χ0v) is 17.5. The van der Waals surface area contributed by atoms with Crippen LogP contribution in [-0.2, 0) is 30.7 Å². The van der Waals surface area contributed by atoms with Gasteiger partial charge in [-0.1, -0.05) is 25.1 Å². The van der Waals surface area contributed by atoms with Gasteiger partial charge in [0.2, 0.25) is 5.91 Å². The van der Waals surface area contributed by atoms with Crippen molar-refractivity contribution in [3.63, 3.8) is 0 Å². The maximum atomic E-state index is 13.0. The summed E-state index contributed by atoms with van der Waals surface area (Å²) in [4.78, 5) is 31.6. The fourth-order valence-electron chi connectivity index (χ4n) is 3.76. The van der Waals surface area contributed by atoms with E-state index in [0.29, 0.717) is 16.1 Å². The van der Waals surface area contributed by atoms with Crippen LogP contribution in [0, 0.1) is 5.92 Å². The lowest BCUT2D eigenvalue weighted by Crippen LogP contribution is -2.32. The van der Waals surface area contributed by atoms with E-state index in [9.17, 15) is 22.8 Å². The van der Waals surface area contributed by atoms with Gasteiger partial charge in [0, 0.05) is 17.0 Å². The zero-order valence-electron chi connectivity index (χ0n) is 16.7. The first-order valence-electron chi connectivity index (χ1n) is 9.81. The van der Waals surface area contributed by atoms with Crippen molar-refractivity contribution >= 4 is 27.5 Å². The van der Waals surface area contributed by atoms with E-state index in [4.69, 9.17) is 0 Å². The van der Waals surface area contributed by atoms with Crippen molar-refractivity contribution in [1.82, 2.24) is 14.9 Å². The number of alkyl halides is 3. The fraction of sp³-hybridized carbons (Fsp3) is 0.381. The molecule has 1 N–H and O–H groups in total. The molecule has 0 fully saturated rings. The standard InChI is InChI=1S/C21H20F3N3O3S/c1-12-6-7-14-16(8-12)31-19-18(14)20(29)27(11-26-19)10-17(28)25-9-13-4-2-3-5-15(13)30-21(22,23)24/h2-5,11-12H,6-10H2,1H3,(H,25,28). The van der Waals surface area contributed by atoms with Crippen molar-refractivity contribution < 1.29 is 22.7 Å². The van der Waals surface area contributed by atoms with Gasteiger partial charge in [-0.05, 0) is 36.8 Å². The lowest BCUT2D eigenvalue weighted by molar-refractivity contribution is -0.274. The minimum atomic E-state index is -4.83. The monoisotopic (exact) mass is 451 g/mol. The number of halogens is 3. The minimum absolute atomic E-state index is 0.165. The summed E-state index contributed by atoms with van der Waals surface area (Å²) in [7, 11) is 0. The van der Waals surface area contributed by atoms with Gasteiger partial charge < -0.3 is 10.1 Å². The molecule has 31 heavy (non-hydrogen) atoms. The molecule has 1 unspecified atom stereocenters. The van der Waals surface area contributed by atoms with Crippen LogP contribution in [0.4, 0.5) is 13.2 Å². The molecule has 0 aliphatic heterocycles. The van der Waals surface area contributed by atoms with E-state index in [-0.39, 0.29) is 30.0 Å². The van der Waals surface area contributed by atoms with Crippen LogP contribution in [-0.4, -0.2) is 21.8 Å². The number of para-hydroxylation sites is 1. The number of nitrogens with one attached hydrogen (secondary N) is 1. The summed E-state index contributed by atoms with van der Waals surface area (Å²) in [6, 6.07) is 5.57. The molecular weight excluding hydrogens is 431 g/mol. The van der Waals surface area contributed by atoms with Gasteiger partial charge in [-0.25, -0.2) is 4.98 Å². The summed E-state index contributed by atoms with van der Waals surface area (Å²) in [6.45, 7) is 1.74. The van der Waals surface area contributed by atoms with Crippen LogP contribution in [0.2, 0.25) is 0 Å². The molecule has 6 nitrogen and oxygen atoms in total. The summed E-state index contributed by atoms with van der Waals surface area (Å²) in [6.07, 6.45) is -0.731. The molecule has 4 rings (SSSR count). The molecule has 1 aliphatic carbocycles. The summed E-state index contributed by atoms with van der Waals surface area (Å²) in [5.74, 6) is -0.324. The first-order chi connectivity index (χ1) is 14.7. The fourth-order valence-corrected chi connectivity index (χ4v) is 5.10. The molecule has 1 atom stereocenters. The number of aryl methyl sites for hydroxylation is 1. The van der Waals surface area contributed by atoms with Crippen molar-refractivity contribution in [3.8, 4) is 5.75 Å². The van der Waals surface area contributed by atoms with Crippen molar-refractivity contribution in [3.05, 3.63) is 57.0 Å². The number of hydrogen-bond acceptors (Lipinski definition) is 5. The molecular formula is C21H20F3N3O3S. The average molecular weight is 451 g/mol. The molecule has 2 aromatic heterocycles. The number of carbonyl (C=O) groups is 1. The maximum absolute atomic E-state index is 13.0. The molecule has 0 bridgehead atoms. The van der Waals surface area contributed by atoms with Crippen LogP contribution >= 0.6 is 11.3 Å². The Morgan fingerprint density at radius 2 is 2.13 bits per heavy atom. The average Bonchev–Trinajstić information content (AvgIpc) is 3.06. The number of ether oxygens (including phenoxy) is 1. The summed E-state index contributed by atoms with van der Waals surface area (Å²) < 4.78 is 42.8. The number of carbonyl (C=O) groups excluding carboxylic acids is 1. The topological polar surface area (TPSA) is 73.2 Å². The Balaban J connectivity index is 1.49. The van der Waals surface area contributed by atoms with E-state index in [1.165, 1.54) is 45.3 Å². The van der Waals surface area contributed by atoms with E-state index >= 15 is 0 Å². The minimum Gasteiger partial charge on any atom is -0.405 e. The zero-order chi connectivity index (χ0) is 22.2. The Morgan fingerprint density at radius 1 is 1.35 bits per heavy atom. The van der Waals surface area contributed by atoms with Gasteiger partial charge in [-0.2, -0.15) is 0 Å². The number of rotatable bonds is 5. The predicted molar refractivity (Wildman–Crippen MR) is 110 cm³/mol. The van der Waals surface area contributed by atoms with E-state index in [1.54, 1.807) is 6.07 Å². The van der Waals surface area contributed by atoms with Crippen molar-refractivity contribution in [2.75, 3.05) is 0 Å². The van der Waals surface area contributed by atoms with Crippen molar-refractivity contribution in [1.29, 1.82) is 0 Å². The number of amides is 1. The Kier molecular flexibility index (Phi) is 5.74. The molecule has 1 amide bonds. The molecule has 2 heterocycles. The predicted octanol–water partition coefficient (Wildman–Crippen LogP) is 3.80. The number of nitrogens with zero attached hydrogens (tertiary/aromatic N) is 2. The lowest BCUT2D eigenvalue weighted by Gasteiger charge is -2.17. The highest BCUT2D eigenvalue weighted by molar-refractivity contribution is 7.18. The summed E-state index contributed by atoms with van der Waals surface area (Å²) >= 11 is 1.53. The van der Waals surface area contributed by atoms with Crippen LogP contribution in [0.25, 0.3) is 10.2 Å². The van der Waals surface area contributed by atoms with Gasteiger partial charge in [0.1, 0.15) is 17.1 Å². The maximum Gasteiger partial charge on any atom is 0.573 e. The number of benzene rings is 1. The Labute approximate surface area is 179 Å². The second-order valence-electron chi connectivity index (χ2n) is 7.64.